The van der Waals surface area contributed by atoms with Gasteiger partial charge < -0.3 is 21.1 Å². The Morgan fingerprint density at radius 2 is 1.21 bits per heavy atom. The maximum absolute atomic E-state index is 12.9. The molecule has 3 amide bonds. The lowest BCUT2D eigenvalue weighted by atomic mass is 9.86. The average Bonchev–Trinajstić information content (AvgIpc) is 2.57. The zero-order chi connectivity index (χ0) is 22.4. The van der Waals surface area contributed by atoms with Crippen LogP contribution in [0.5, 0.6) is 0 Å². The number of benzene rings is 1. The molecular weight excluding hydrogens is 419 g/mol. The van der Waals surface area contributed by atoms with Gasteiger partial charge in [0.15, 0.2) is 0 Å². The van der Waals surface area contributed by atoms with Crippen LogP contribution in [0, 0.1) is 5.41 Å². The second kappa shape index (κ2) is 7.75. The maximum Gasteiger partial charge on any atom is 0.249 e. The number of amides is 3. The van der Waals surface area contributed by atoms with Gasteiger partial charge in [-0.3, -0.25) is 19.7 Å². The Bertz CT molecular complexity index is 868. The van der Waals surface area contributed by atoms with Crippen LogP contribution in [0.1, 0.15) is 41.5 Å². The molecule has 0 saturated carbocycles. The molecule has 0 aliphatic carbocycles. The topological polar surface area (TPSA) is 120 Å². The van der Waals surface area contributed by atoms with Crippen molar-refractivity contribution < 1.29 is 19.5 Å². The summed E-state index contributed by atoms with van der Waals surface area (Å²) in [6.45, 7) is 9.18. The van der Waals surface area contributed by atoms with E-state index in [-0.39, 0.29) is 21.4 Å². The molecule has 0 aromatic heterocycles. The number of rotatable bonds is 0. The van der Waals surface area contributed by atoms with Crippen molar-refractivity contribution in [3.63, 3.8) is 0 Å². The van der Waals surface area contributed by atoms with Crippen LogP contribution in [-0.4, -0.2) is 40.1 Å². The third kappa shape index (κ3) is 4.83. The van der Waals surface area contributed by atoms with Crippen molar-refractivity contribution in [3.05, 3.63) is 22.2 Å². The number of carbonyl (C=O) groups excluding carboxylic acids is 3. The summed E-state index contributed by atoms with van der Waals surface area (Å²) >= 11 is 12.2. The van der Waals surface area contributed by atoms with Crippen molar-refractivity contribution in [1.29, 1.82) is 0 Å². The van der Waals surface area contributed by atoms with Crippen molar-refractivity contribution in [2.75, 3.05) is 10.6 Å². The molecule has 1 aromatic carbocycles. The Hall–Kier alpha value is -1.87. The van der Waals surface area contributed by atoms with Gasteiger partial charge in [-0.15, -0.1) is 0 Å². The molecule has 1 heterocycles. The highest BCUT2D eigenvalue weighted by Crippen LogP contribution is 2.34. The summed E-state index contributed by atoms with van der Waals surface area (Å²) in [5.74, 6) is -1.63. The predicted octanol–water partition coefficient (Wildman–Crippen LogP) is 2.49. The van der Waals surface area contributed by atoms with Gasteiger partial charge in [0.2, 0.25) is 17.7 Å². The van der Waals surface area contributed by atoms with E-state index in [0.717, 1.165) is 0 Å². The van der Waals surface area contributed by atoms with Crippen LogP contribution in [0.15, 0.2) is 12.1 Å². The lowest BCUT2D eigenvalue weighted by molar-refractivity contribution is -0.143. The van der Waals surface area contributed by atoms with E-state index in [4.69, 9.17) is 23.2 Å². The number of carbonyl (C=O) groups is 3. The first kappa shape index (κ1) is 23.4. The van der Waals surface area contributed by atoms with Crippen molar-refractivity contribution in [1.82, 2.24) is 10.6 Å². The Labute approximate surface area is 179 Å². The van der Waals surface area contributed by atoms with Crippen LogP contribution >= 0.6 is 23.2 Å². The molecule has 0 bridgehead atoms. The summed E-state index contributed by atoms with van der Waals surface area (Å²) in [6.07, 6.45) is -1.38. The van der Waals surface area contributed by atoms with E-state index in [0.29, 0.717) is 0 Å². The highest BCUT2D eigenvalue weighted by Gasteiger charge is 2.44. The molecular formula is C19H26Cl2N4O4. The zero-order valence-corrected chi connectivity index (χ0v) is 18.7. The lowest BCUT2D eigenvalue weighted by Crippen LogP contribution is -2.62. The molecule has 0 fully saturated rings. The summed E-state index contributed by atoms with van der Waals surface area (Å²) in [5.41, 5.74) is -3.50. The number of aliphatic hydroxyl groups is 1. The molecule has 1 aliphatic rings. The van der Waals surface area contributed by atoms with Gasteiger partial charge in [-0.25, -0.2) is 0 Å². The van der Waals surface area contributed by atoms with Gasteiger partial charge in [-0.1, -0.05) is 23.2 Å². The van der Waals surface area contributed by atoms with Crippen molar-refractivity contribution in [2.45, 2.75) is 58.8 Å². The third-order valence-corrected chi connectivity index (χ3v) is 5.61. The van der Waals surface area contributed by atoms with Gasteiger partial charge in [0.05, 0.1) is 32.4 Å². The number of hydrogen-bond acceptors (Lipinski definition) is 5. The first-order chi connectivity index (χ1) is 13.1. The normalized spacial score (nSPS) is 24.0. The molecule has 2 rings (SSSR count). The van der Waals surface area contributed by atoms with Gasteiger partial charge in [0.25, 0.3) is 0 Å². The first-order valence-electron chi connectivity index (χ1n) is 8.98. The molecule has 8 nitrogen and oxygen atoms in total. The van der Waals surface area contributed by atoms with Crippen molar-refractivity contribution in [3.8, 4) is 0 Å². The maximum atomic E-state index is 12.9. The second-order valence-corrected chi connectivity index (χ2v) is 9.51. The second-order valence-electron chi connectivity index (χ2n) is 8.69. The Balaban J connectivity index is 2.61. The molecule has 1 aromatic rings. The van der Waals surface area contributed by atoms with Gasteiger partial charge in [0.1, 0.15) is 11.8 Å². The fraction of sp³-hybridized carbons (Fsp3) is 0.526. The van der Waals surface area contributed by atoms with E-state index >= 15 is 0 Å². The van der Waals surface area contributed by atoms with Gasteiger partial charge in [0, 0.05) is 0 Å². The van der Waals surface area contributed by atoms with Crippen molar-refractivity contribution in [2.24, 2.45) is 5.41 Å². The molecule has 1 unspecified atom stereocenters. The third-order valence-electron chi connectivity index (χ3n) is 4.88. The number of nitrogens with one attached hydrogen (secondary N) is 4. The molecule has 10 heteroatoms. The molecule has 0 spiro atoms. The average molecular weight is 445 g/mol. The number of halogens is 2. The SMILES string of the molecule is CC1(C)NC(=O)C(C)(C)C(O)NC(C)(C)C(=O)Nc2cc(Cl)c(Cl)cc2NC1=O. The van der Waals surface area contributed by atoms with Crippen molar-refractivity contribution >= 4 is 52.3 Å². The fourth-order valence-electron chi connectivity index (χ4n) is 2.52. The first-order valence-corrected chi connectivity index (χ1v) is 9.74. The Morgan fingerprint density at radius 1 is 0.793 bits per heavy atom. The molecule has 1 aliphatic heterocycles. The quantitative estimate of drug-likeness (QED) is 0.421. The van der Waals surface area contributed by atoms with Crippen LogP contribution in [0.2, 0.25) is 10.0 Å². The number of hydrogen-bond donors (Lipinski definition) is 5. The minimum atomic E-state index is -1.38. The highest BCUT2D eigenvalue weighted by atomic mass is 35.5. The van der Waals surface area contributed by atoms with Crippen LogP contribution in [0.4, 0.5) is 11.4 Å². The number of anilines is 2. The molecule has 0 radical (unpaired) electrons. The predicted molar refractivity (Wildman–Crippen MR) is 113 cm³/mol. The summed E-state index contributed by atoms with van der Waals surface area (Å²) < 4.78 is 0. The highest BCUT2D eigenvalue weighted by molar-refractivity contribution is 6.42. The number of aliphatic hydroxyl groups excluding tert-OH is 1. The monoisotopic (exact) mass is 444 g/mol. The van der Waals surface area contributed by atoms with Crippen LogP contribution in [-0.2, 0) is 14.4 Å². The van der Waals surface area contributed by atoms with Gasteiger partial charge in [-0.2, -0.15) is 0 Å². The zero-order valence-electron chi connectivity index (χ0n) is 17.2. The van der Waals surface area contributed by atoms with Crippen LogP contribution in [0.25, 0.3) is 0 Å². The van der Waals surface area contributed by atoms with Gasteiger partial charge in [-0.05, 0) is 53.7 Å². The summed E-state index contributed by atoms with van der Waals surface area (Å²) in [5, 5.41) is 21.8. The minimum Gasteiger partial charge on any atom is -0.377 e. The van der Waals surface area contributed by atoms with Crippen LogP contribution in [0.3, 0.4) is 0 Å². The van der Waals surface area contributed by atoms with E-state index in [2.05, 4.69) is 21.3 Å². The molecule has 160 valence electrons. The van der Waals surface area contributed by atoms with E-state index in [1.165, 1.54) is 39.8 Å². The molecule has 1 atom stereocenters. The lowest BCUT2D eigenvalue weighted by Gasteiger charge is -2.37. The van der Waals surface area contributed by atoms with E-state index in [9.17, 15) is 19.5 Å². The number of fused-ring (bicyclic) bond motifs is 1. The standard InChI is InChI=1S/C19H26Cl2N4O4/c1-17(2)13(26)24-18(3,4)15(28)22-11-7-9(20)10(21)8-12(11)23-16(29)19(5,6)25-14(17)27/h7-8,13,24,26H,1-6H3,(H,22,28)(H,23,29)(H,25,27). The van der Waals surface area contributed by atoms with Gasteiger partial charge >= 0.3 is 0 Å². The van der Waals surface area contributed by atoms with E-state index in [1.54, 1.807) is 13.8 Å². The molecule has 29 heavy (non-hydrogen) atoms. The smallest absolute Gasteiger partial charge is 0.249 e. The minimum absolute atomic E-state index is 0.181. The summed E-state index contributed by atoms with van der Waals surface area (Å²) in [4.78, 5) is 38.5. The summed E-state index contributed by atoms with van der Waals surface area (Å²) in [7, 11) is 0. The molecule has 5 N–H and O–H groups in total. The summed E-state index contributed by atoms with van der Waals surface area (Å²) in [6, 6.07) is 2.83. The van der Waals surface area contributed by atoms with E-state index < -0.39 is 40.4 Å². The largest absolute Gasteiger partial charge is 0.377 e. The Kier molecular flexibility index (Phi) is 6.26. The van der Waals surface area contributed by atoms with E-state index in [1.807, 2.05) is 0 Å². The Morgan fingerprint density at radius 3 is 1.66 bits per heavy atom. The fourth-order valence-corrected chi connectivity index (χ4v) is 2.85. The molecule has 0 saturated heterocycles. The van der Waals surface area contributed by atoms with Crippen LogP contribution < -0.4 is 21.3 Å².